The lowest BCUT2D eigenvalue weighted by molar-refractivity contribution is 0.204. The standard InChI is InChI=1S/C10H10I2O/c1-6-9(12)5-7-4-8(11)2-3-10(7)13-6/h2-4,6,9H,5H2,1H3/t6-,9+/m1/s1. The summed E-state index contributed by atoms with van der Waals surface area (Å²) in [5.41, 5.74) is 1.35. The van der Waals surface area contributed by atoms with Crippen molar-refractivity contribution >= 4 is 45.2 Å². The van der Waals surface area contributed by atoms with Gasteiger partial charge in [0.05, 0.1) is 3.92 Å². The minimum Gasteiger partial charge on any atom is -0.489 e. The van der Waals surface area contributed by atoms with Gasteiger partial charge in [0.15, 0.2) is 0 Å². The summed E-state index contributed by atoms with van der Waals surface area (Å²) in [6, 6.07) is 6.39. The molecule has 13 heavy (non-hydrogen) atoms. The second-order valence-electron chi connectivity index (χ2n) is 3.30. The van der Waals surface area contributed by atoms with E-state index in [-0.39, 0.29) is 0 Å². The van der Waals surface area contributed by atoms with Gasteiger partial charge >= 0.3 is 0 Å². The molecule has 0 fully saturated rings. The molecule has 1 aliphatic heterocycles. The molecule has 70 valence electrons. The summed E-state index contributed by atoms with van der Waals surface area (Å²) >= 11 is 4.80. The van der Waals surface area contributed by atoms with Crippen LogP contribution in [0.25, 0.3) is 0 Å². The molecule has 1 aromatic rings. The summed E-state index contributed by atoms with van der Waals surface area (Å²) < 4.78 is 7.68. The normalized spacial score (nSPS) is 26.4. The van der Waals surface area contributed by atoms with Crippen LogP contribution in [-0.4, -0.2) is 10.0 Å². The van der Waals surface area contributed by atoms with E-state index in [1.165, 1.54) is 9.13 Å². The number of alkyl halides is 1. The zero-order valence-electron chi connectivity index (χ0n) is 7.26. The van der Waals surface area contributed by atoms with Crippen LogP contribution in [0.3, 0.4) is 0 Å². The molecule has 0 bridgehead atoms. The van der Waals surface area contributed by atoms with Crippen molar-refractivity contribution in [1.82, 2.24) is 0 Å². The van der Waals surface area contributed by atoms with Crippen LogP contribution in [0.4, 0.5) is 0 Å². The van der Waals surface area contributed by atoms with Gasteiger partial charge in [-0.25, -0.2) is 0 Å². The first-order chi connectivity index (χ1) is 6.16. The molecule has 1 aromatic carbocycles. The van der Waals surface area contributed by atoms with Crippen molar-refractivity contribution in [3.05, 3.63) is 27.3 Å². The Morgan fingerprint density at radius 3 is 3.00 bits per heavy atom. The van der Waals surface area contributed by atoms with Crippen LogP contribution in [0.2, 0.25) is 0 Å². The van der Waals surface area contributed by atoms with Gasteiger partial charge in [0, 0.05) is 3.57 Å². The summed E-state index contributed by atoms with van der Waals surface area (Å²) in [5.74, 6) is 1.07. The predicted octanol–water partition coefficient (Wildman–Crippen LogP) is 3.42. The zero-order valence-corrected chi connectivity index (χ0v) is 11.6. The van der Waals surface area contributed by atoms with Gasteiger partial charge in [-0.15, -0.1) is 0 Å². The average Bonchev–Trinajstić information content (AvgIpc) is 2.08. The molecule has 0 radical (unpaired) electrons. The number of hydrogen-bond acceptors (Lipinski definition) is 1. The third-order valence-electron chi connectivity index (χ3n) is 2.26. The van der Waals surface area contributed by atoms with Crippen molar-refractivity contribution in [1.29, 1.82) is 0 Å². The molecule has 1 aliphatic rings. The van der Waals surface area contributed by atoms with Gasteiger partial charge in [-0.2, -0.15) is 0 Å². The fourth-order valence-electron chi connectivity index (χ4n) is 1.47. The van der Waals surface area contributed by atoms with Crippen LogP contribution in [0.15, 0.2) is 18.2 Å². The maximum atomic E-state index is 5.79. The van der Waals surface area contributed by atoms with E-state index in [0.717, 1.165) is 12.2 Å². The SMILES string of the molecule is C[C@H]1Oc2ccc(I)cc2C[C@@H]1I. The summed E-state index contributed by atoms with van der Waals surface area (Å²) in [5, 5.41) is 0. The quantitative estimate of drug-likeness (QED) is 0.479. The van der Waals surface area contributed by atoms with Crippen molar-refractivity contribution in [3.8, 4) is 5.75 Å². The van der Waals surface area contributed by atoms with Gasteiger partial charge < -0.3 is 4.74 Å². The lowest BCUT2D eigenvalue weighted by Gasteiger charge is -2.27. The highest BCUT2D eigenvalue weighted by Gasteiger charge is 2.24. The van der Waals surface area contributed by atoms with E-state index in [9.17, 15) is 0 Å². The number of fused-ring (bicyclic) bond motifs is 1. The molecular formula is C10H10I2O. The van der Waals surface area contributed by atoms with E-state index in [1.54, 1.807) is 0 Å². The second-order valence-corrected chi connectivity index (χ2v) is 6.14. The Kier molecular flexibility index (Phi) is 3.02. The third kappa shape index (κ3) is 2.11. The summed E-state index contributed by atoms with van der Waals surface area (Å²) in [6.07, 6.45) is 1.47. The van der Waals surface area contributed by atoms with E-state index in [4.69, 9.17) is 4.74 Å². The number of hydrogen-bond donors (Lipinski definition) is 0. The fourth-order valence-corrected chi connectivity index (χ4v) is 2.65. The van der Waals surface area contributed by atoms with Crippen LogP contribution in [0.1, 0.15) is 12.5 Å². The van der Waals surface area contributed by atoms with E-state index >= 15 is 0 Å². The molecule has 0 unspecified atom stereocenters. The van der Waals surface area contributed by atoms with Crippen molar-refractivity contribution < 1.29 is 4.74 Å². The summed E-state index contributed by atoms with van der Waals surface area (Å²) in [7, 11) is 0. The monoisotopic (exact) mass is 400 g/mol. The molecule has 2 atom stereocenters. The molecular weight excluding hydrogens is 390 g/mol. The van der Waals surface area contributed by atoms with E-state index in [0.29, 0.717) is 10.0 Å². The Morgan fingerprint density at radius 1 is 1.46 bits per heavy atom. The molecule has 0 saturated carbocycles. The van der Waals surface area contributed by atoms with Gasteiger partial charge in [-0.05, 0) is 59.7 Å². The van der Waals surface area contributed by atoms with E-state index in [2.05, 4.69) is 70.3 Å². The molecule has 1 nitrogen and oxygen atoms in total. The van der Waals surface area contributed by atoms with Gasteiger partial charge in [0.2, 0.25) is 0 Å². The van der Waals surface area contributed by atoms with Gasteiger partial charge in [-0.1, -0.05) is 22.6 Å². The van der Waals surface area contributed by atoms with Gasteiger partial charge in [-0.3, -0.25) is 0 Å². The molecule has 0 aromatic heterocycles. The van der Waals surface area contributed by atoms with E-state index in [1.807, 2.05) is 0 Å². The fraction of sp³-hybridized carbons (Fsp3) is 0.400. The minimum absolute atomic E-state index is 0.341. The molecule has 1 heterocycles. The van der Waals surface area contributed by atoms with Crippen LogP contribution in [0.5, 0.6) is 5.75 Å². The first-order valence-electron chi connectivity index (χ1n) is 4.26. The van der Waals surface area contributed by atoms with Crippen LogP contribution in [0, 0.1) is 3.57 Å². The second kappa shape index (κ2) is 3.92. The Hall–Kier alpha value is 0.480. The molecule has 0 amide bonds. The highest BCUT2D eigenvalue weighted by atomic mass is 127. The first-order valence-corrected chi connectivity index (χ1v) is 6.58. The molecule has 2 rings (SSSR count). The Balaban J connectivity index is 2.37. The van der Waals surface area contributed by atoms with Gasteiger partial charge in [0.25, 0.3) is 0 Å². The number of ether oxygens (including phenoxy) is 1. The third-order valence-corrected chi connectivity index (χ3v) is 4.38. The number of rotatable bonds is 0. The molecule has 3 heteroatoms. The average molecular weight is 400 g/mol. The Labute approximate surface area is 106 Å². The number of benzene rings is 1. The maximum absolute atomic E-state index is 5.79. The molecule has 0 spiro atoms. The minimum atomic E-state index is 0.341. The zero-order chi connectivity index (χ0) is 9.42. The number of halogens is 2. The Morgan fingerprint density at radius 2 is 2.23 bits per heavy atom. The lowest BCUT2D eigenvalue weighted by atomic mass is 10.0. The Bertz CT molecular complexity index is 325. The highest BCUT2D eigenvalue weighted by molar-refractivity contribution is 14.1. The van der Waals surface area contributed by atoms with Crippen molar-refractivity contribution in [2.45, 2.75) is 23.4 Å². The van der Waals surface area contributed by atoms with Crippen LogP contribution < -0.4 is 4.74 Å². The van der Waals surface area contributed by atoms with Crippen LogP contribution >= 0.6 is 45.2 Å². The molecule has 0 N–H and O–H groups in total. The maximum Gasteiger partial charge on any atom is 0.123 e. The van der Waals surface area contributed by atoms with E-state index < -0.39 is 0 Å². The predicted molar refractivity (Wildman–Crippen MR) is 70.8 cm³/mol. The topological polar surface area (TPSA) is 9.23 Å². The van der Waals surface area contributed by atoms with Crippen molar-refractivity contribution in [3.63, 3.8) is 0 Å². The first kappa shape index (κ1) is 10.0. The van der Waals surface area contributed by atoms with Crippen LogP contribution in [-0.2, 0) is 6.42 Å². The summed E-state index contributed by atoms with van der Waals surface area (Å²) in [4.78, 5) is 0. The summed E-state index contributed by atoms with van der Waals surface area (Å²) in [6.45, 7) is 2.14. The van der Waals surface area contributed by atoms with Gasteiger partial charge in [0.1, 0.15) is 11.9 Å². The lowest BCUT2D eigenvalue weighted by Crippen LogP contribution is -2.30. The van der Waals surface area contributed by atoms with Crippen molar-refractivity contribution in [2.75, 3.05) is 0 Å². The highest BCUT2D eigenvalue weighted by Crippen LogP contribution is 2.31. The molecule has 0 aliphatic carbocycles. The smallest absolute Gasteiger partial charge is 0.123 e. The molecule has 0 saturated heterocycles. The largest absolute Gasteiger partial charge is 0.489 e. The van der Waals surface area contributed by atoms with Crippen molar-refractivity contribution in [2.24, 2.45) is 0 Å².